The molecule has 4 aromatic rings. The lowest BCUT2D eigenvalue weighted by molar-refractivity contribution is -0.901. The summed E-state index contributed by atoms with van der Waals surface area (Å²) in [6, 6.07) is 23.8. The van der Waals surface area contributed by atoms with E-state index in [1.165, 1.54) is 32.3 Å². The quantitative estimate of drug-likeness (QED) is 0.227. The van der Waals surface area contributed by atoms with Gasteiger partial charge in [0.25, 0.3) is 5.69 Å². The second-order valence-corrected chi connectivity index (χ2v) is 9.62. The molecule has 186 valence electrons. The van der Waals surface area contributed by atoms with Gasteiger partial charge in [0.1, 0.15) is 5.75 Å². The predicted molar refractivity (Wildman–Crippen MR) is 147 cm³/mol. The van der Waals surface area contributed by atoms with Gasteiger partial charge in [-0.1, -0.05) is 68.4 Å². The Labute approximate surface area is 214 Å². The summed E-state index contributed by atoms with van der Waals surface area (Å²) in [5.74, 6) is 0.863. The number of methoxy groups -OCH3 is 1. The highest BCUT2D eigenvalue weighted by molar-refractivity contribution is 5.94. The average molecular weight is 482 g/mol. The Balaban J connectivity index is 1.70. The van der Waals surface area contributed by atoms with Crippen molar-refractivity contribution in [3.8, 4) is 17.0 Å². The number of rotatable bonds is 7. The topological polar surface area (TPSA) is 36.6 Å². The molecular weight excluding hydrogens is 444 g/mol. The molecule has 0 radical (unpaired) electrons. The Morgan fingerprint density at radius 3 is 2.33 bits per heavy atom. The van der Waals surface area contributed by atoms with E-state index in [-0.39, 0.29) is 6.04 Å². The number of hydrogen-bond donors (Lipinski definition) is 1. The maximum absolute atomic E-state index is 11.7. The molecule has 5 rings (SSSR count). The van der Waals surface area contributed by atoms with Crippen molar-refractivity contribution < 1.29 is 14.7 Å². The van der Waals surface area contributed by atoms with E-state index < -0.39 is 0 Å². The van der Waals surface area contributed by atoms with Gasteiger partial charge in [0.2, 0.25) is 5.69 Å². The van der Waals surface area contributed by atoms with Crippen molar-refractivity contribution in [1.82, 2.24) is 0 Å². The third kappa shape index (κ3) is 3.99. The van der Waals surface area contributed by atoms with E-state index in [1.54, 1.807) is 7.11 Å². The number of hydrogen-bond acceptors (Lipinski definition) is 3. The van der Waals surface area contributed by atoms with Crippen molar-refractivity contribution in [2.45, 2.75) is 58.9 Å². The van der Waals surface area contributed by atoms with Crippen LogP contribution in [0.15, 0.2) is 66.7 Å². The first kappa shape index (κ1) is 24.2. The van der Waals surface area contributed by atoms with E-state index in [9.17, 15) is 5.21 Å². The molecule has 1 atom stereocenters. The minimum absolute atomic E-state index is 0.124. The summed E-state index contributed by atoms with van der Waals surface area (Å²) in [7, 11) is 1.76. The lowest BCUT2D eigenvalue weighted by Crippen LogP contribution is -2.43. The second kappa shape index (κ2) is 10.2. The molecule has 36 heavy (non-hydrogen) atoms. The molecule has 4 nitrogen and oxygen atoms in total. The zero-order valence-electron chi connectivity index (χ0n) is 21.9. The summed E-state index contributed by atoms with van der Waals surface area (Å²) in [4.78, 5) is 2.49. The lowest BCUT2D eigenvalue weighted by Gasteiger charge is -2.36. The molecule has 0 spiro atoms. The fourth-order valence-corrected chi connectivity index (χ4v) is 6.12. The first-order chi connectivity index (χ1) is 17.6. The molecular formula is C32H37N2O2+. The van der Waals surface area contributed by atoms with Crippen molar-refractivity contribution in [1.29, 1.82) is 0 Å². The second-order valence-electron chi connectivity index (χ2n) is 9.62. The van der Waals surface area contributed by atoms with E-state index in [1.807, 2.05) is 0 Å². The molecule has 1 N–H and O–H groups in total. The van der Waals surface area contributed by atoms with Crippen molar-refractivity contribution >= 4 is 16.5 Å². The van der Waals surface area contributed by atoms with Gasteiger partial charge in [0.05, 0.1) is 30.3 Å². The Bertz CT molecular complexity index is 1370. The molecule has 3 aromatic carbocycles. The summed E-state index contributed by atoms with van der Waals surface area (Å²) < 4.78 is 7.54. The minimum Gasteiger partial charge on any atom is -0.496 e. The molecule has 1 unspecified atom stereocenters. The number of ether oxygens (including phenoxy) is 1. The number of nitrogens with zero attached hydrogens (tertiary/aromatic N) is 2. The van der Waals surface area contributed by atoms with Crippen LogP contribution in [0, 0.1) is 0 Å². The van der Waals surface area contributed by atoms with Crippen LogP contribution < -0.4 is 14.4 Å². The predicted octanol–water partition coefficient (Wildman–Crippen LogP) is 7.07. The molecule has 0 saturated carbocycles. The number of aromatic nitrogens is 1. The van der Waals surface area contributed by atoms with Crippen molar-refractivity contribution in [3.63, 3.8) is 0 Å². The summed E-state index contributed by atoms with van der Waals surface area (Å²) in [5.41, 5.74) is 7.76. The zero-order valence-corrected chi connectivity index (χ0v) is 21.9. The molecule has 0 aliphatic heterocycles. The Hall–Kier alpha value is -3.53. The van der Waals surface area contributed by atoms with Gasteiger partial charge in [-0.2, -0.15) is 0 Å². The number of aryl methyl sites for hydroxylation is 2. The van der Waals surface area contributed by atoms with E-state index in [0.29, 0.717) is 0 Å². The third-order valence-electron chi connectivity index (χ3n) is 7.82. The van der Waals surface area contributed by atoms with Crippen molar-refractivity contribution in [2.24, 2.45) is 0 Å². The number of anilines is 1. The van der Waals surface area contributed by atoms with Gasteiger partial charge >= 0.3 is 0 Å². The molecule has 0 amide bonds. The molecule has 0 saturated heterocycles. The summed E-state index contributed by atoms with van der Waals surface area (Å²) in [6.07, 6.45) is 4.69. The lowest BCUT2D eigenvalue weighted by atomic mass is 9.86. The van der Waals surface area contributed by atoms with Crippen LogP contribution in [0.5, 0.6) is 5.75 Å². The van der Waals surface area contributed by atoms with Crippen LogP contribution in [-0.4, -0.2) is 18.9 Å². The van der Waals surface area contributed by atoms with Gasteiger partial charge in [0.15, 0.2) is 0 Å². The highest BCUT2D eigenvalue weighted by Crippen LogP contribution is 2.44. The maximum Gasteiger partial charge on any atom is 0.269 e. The molecule has 0 bridgehead atoms. The summed E-state index contributed by atoms with van der Waals surface area (Å²) in [6.45, 7) is 7.44. The summed E-state index contributed by atoms with van der Waals surface area (Å²) >= 11 is 0. The zero-order chi connectivity index (χ0) is 25.2. The number of fused-ring (bicyclic) bond motifs is 2. The van der Waals surface area contributed by atoms with Gasteiger partial charge in [-0.25, -0.2) is 0 Å². The van der Waals surface area contributed by atoms with Gasteiger partial charge in [-0.15, -0.1) is 0 Å². The number of pyridine rings is 1. The Morgan fingerprint density at radius 1 is 0.944 bits per heavy atom. The molecule has 1 aromatic heterocycles. The Morgan fingerprint density at radius 2 is 1.64 bits per heavy atom. The first-order valence-electron chi connectivity index (χ1n) is 13.3. The number of benzene rings is 3. The van der Waals surface area contributed by atoms with Crippen LogP contribution >= 0.6 is 0 Å². The fraction of sp³-hybridized carbons (Fsp3) is 0.344. The van der Waals surface area contributed by atoms with E-state index >= 15 is 0 Å². The van der Waals surface area contributed by atoms with Crippen LogP contribution in [0.25, 0.3) is 22.0 Å². The van der Waals surface area contributed by atoms with Gasteiger partial charge < -0.3 is 9.64 Å². The molecule has 1 aliphatic rings. The maximum atomic E-state index is 11.7. The Kier molecular flexibility index (Phi) is 6.86. The van der Waals surface area contributed by atoms with Crippen LogP contribution in [0.2, 0.25) is 0 Å². The average Bonchev–Trinajstić information content (AvgIpc) is 2.93. The highest BCUT2D eigenvalue weighted by Gasteiger charge is 2.38. The van der Waals surface area contributed by atoms with E-state index in [0.717, 1.165) is 66.9 Å². The third-order valence-corrected chi connectivity index (χ3v) is 7.82. The molecule has 4 heteroatoms. The van der Waals surface area contributed by atoms with Crippen LogP contribution in [0.1, 0.15) is 62.0 Å². The van der Waals surface area contributed by atoms with Crippen molar-refractivity contribution in [2.75, 3.05) is 18.6 Å². The molecule has 1 aliphatic carbocycles. The van der Waals surface area contributed by atoms with E-state index in [4.69, 9.17) is 4.74 Å². The first-order valence-corrected chi connectivity index (χ1v) is 13.3. The van der Waals surface area contributed by atoms with Crippen LogP contribution in [0.3, 0.4) is 0 Å². The SMILES string of the molecule is CCc1cccc(CC)c1-c1cc(OC)c2c([n+]1O)CCCC2N(CC)c1cccc2ccccc12. The fourth-order valence-electron chi connectivity index (χ4n) is 6.12. The standard InChI is InChI=1S/C32H37N2O2/c1-5-22-14-10-15-23(6-2)31(22)29-21-30(36-4)32-27(19-12-20-28(32)34(29)35)33(7-3)26-18-11-16-24-13-8-9-17-25(24)26/h8-11,13-18,21,27,35H,5-7,12,19-20H2,1-4H3/q+1. The normalized spacial score (nSPS) is 15.1. The van der Waals surface area contributed by atoms with Gasteiger partial charge in [-0.3, -0.25) is 5.21 Å². The highest BCUT2D eigenvalue weighted by atomic mass is 16.5. The van der Waals surface area contributed by atoms with Gasteiger partial charge in [0, 0.05) is 28.8 Å². The van der Waals surface area contributed by atoms with Crippen LogP contribution in [0.4, 0.5) is 5.69 Å². The monoisotopic (exact) mass is 481 g/mol. The molecule has 0 fully saturated rings. The largest absolute Gasteiger partial charge is 0.496 e. The smallest absolute Gasteiger partial charge is 0.269 e. The molecule has 1 heterocycles. The van der Waals surface area contributed by atoms with E-state index in [2.05, 4.69) is 92.4 Å². The van der Waals surface area contributed by atoms with Gasteiger partial charge in [-0.05, 0) is 55.2 Å². The van der Waals surface area contributed by atoms with Crippen molar-refractivity contribution in [3.05, 3.63) is 89.1 Å². The minimum atomic E-state index is 0.124. The summed E-state index contributed by atoms with van der Waals surface area (Å²) in [5, 5.41) is 14.2. The van der Waals surface area contributed by atoms with Crippen LogP contribution in [-0.2, 0) is 19.3 Å².